The summed E-state index contributed by atoms with van der Waals surface area (Å²) in [4.78, 5) is 13.8. The average molecular weight is 321 g/mol. The monoisotopic (exact) mass is 321 g/mol. The largest absolute Gasteiger partial charge is 0.388 e. The number of thiophene rings is 1. The van der Waals surface area contributed by atoms with Gasteiger partial charge in [-0.2, -0.15) is 0 Å². The number of thioether (sulfide) groups is 1. The summed E-state index contributed by atoms with van der Waals surface area (Å²) in [6.45, 7) is 0.508. The predicted octanol–water partition coefficient (Wildman–Crippen LogP) is 3.47. The standard InChI is InChI=1S/C16H19NO2S2/c18-14(15-7-4-11-21-15)8-10-17-16(19)9-12-20-13-5-2-1-3-6-13/h1-7,11,14,18H,8-10,12H2,(H,17,19). The number of amides is 1. The van der Waals surface area contributed by atoms with E-state index in [9.17, 15) is 9.90 Å². The Morgan fingerprint density at radius 1 is 1.24 bits per heavy atom. The third-order valence-electron chi connectivity index (χ3n) is 2.95. The number of benzene rings is 1. The van der Waals surface area contributed by atoms with Crippen molar-refractivity contribution in [1.29, 1.82) is 0 Å². The molecule has 0 aliphatic carbocycles. The number of carbonyl (C=O) groups is 1. The quantitative estimate of drug-likeness (QED) is 0.732. The first-order chi connectivity index (χ1) is 10.3. The minimum atomic E-state index is -0.482. The van der Waals surface area contributed by atoms with Crippen molar-refractivity contribution in [2.75, 3.05) is 12.3 Å². The Morgan fingerprint density at radius 2 is 2.05 bits per heavy atom. The lowest BCUT2D eigenvalue weighted by atomic mass is 10.2. The predicted molar refractivity (Wildman–Crippen MR) is 88.7 cm³/mol. The SMILES string of the molecule is O=C(CCSc1ccccc1)NCCC(O)c1cccs1. The maximum Gasteiger partial charge on any atom is 0.220 e. The lowest BCUT2D eigenvalue weighted by Crippen LogP contribution is -2.25. The Balaban J connectivity index is 1.57. The number of nitrogens with one attached hydrogen (secondary N) is 1. The van der Waals surface area contributed by atoms with Gasteiger partial charge in [-0.25, -0.2) is 0 Å². The fourth-order valence-corrected chi connectivity index (χ4v) is 3.46. The second kappa shape index (κ2) is 8.87. The first-order valence-electron chi connectivity index (χ1n) is 6.92. The van der Waals surface area contributed by atoms with Crippen molar-refractivity contribution < 1.29 is 9.90 Å². The molecule has 0 radical (unpaired) electrons. The molecule has 1 aromatic carbocycles. The topological polar surface area (TPSA) is 49.3 Å². The van der Waals surface area contributed by atoms with Crippen LogP contribution in [0.1, 0.15) is 23.8 Å². The van der Waals surface area contributed by atoms with Crippen LogP contribution >= 0.6 is 23.1 Å². The zero-order valence-corrected chi connectivity index (χ0v) is 13.3. The van der Waals surface area contributed by atoms with E-state index < -0.39 is 6.10 Å². The van der Waals surface area contributed by atoms with Crippen molar-refractivity contribution in [1.82, 2.24) is 5.32 Å². The Hall–Kier alpha value is -1.30. The summed E-state index contributed by atoms with van der Waals surface area (Å²) in [7, 11) is 0. The molecule has 0 bridgehead atoms. The van der Waals surface area contributed by atoms with E-state index in [1.807, 2.05) is 47.8 Å². The van der Waals surface area contributed by atoms with Crippen LogP contribution < -0.4 is 5.32 Å². The van der Waals surface area contributed by atoms with Gasteiger partial charge in [0.25, 0.3) is 0 Å². The van der Waals surface area contributed by atoms with Gasteiger partial charge >= 0.3 is 0 Å². The average Bonchev–Trinajstić information content (AvgIpc) is 3.02. The van der Waals surface area contributed by atoms with E-state index in [2.05, 4.69) is 5.32 Å². The molecule has 1 unspecified atom stereocenters. The number of rotatable bonds is 8. The number of hydrogen-bond acceptors (Lipinski definition) is 4. The molecule has 2 N–H and O–H groups in total. The molecule has 0 saturated heterocycles. The molecule has 21 heavy (non-hydrogen) atoms. The van der Waals surface area contributed by atoms with E-state index in [1.54, 1.807) is 11.8 Å². The zero-order chi connectivity index (χ0) is 14.9. The van der Waals surface area contributed by atoms with Crippen molar-refractivity contribution in [2.24, 2.45) is 0 Å². The smallest absolute Gasteiger partial charge is 0.220 e. The molecule has 5 heteroatoms. The van der Waals surface area contributed by atoms with E-state index >= 15 is 0 Å². The van der Waals surface area contributed by atoms with E-state index in [0.29, 0.717) is 19.4 Å². The van der Waals surface area contributed by atoms with Gasteiger partial charge < -0.3 is 10.4 Å². The van der Waals surface area contributed by atoms with E-state index in [1.165, 1.54) is 16.2 Å². The third kappa shape index (κ3) is 5.91. The van der Waals surface area contributed by atoms with Crippen LogP contribution in [0.5, 0.6) is 0 Å². The van der Waals surface area contributed by atoms with Gasteiger partial charge in [-0.3, -0.25) is 4.79 Å². The fourth-order valence-electron chi connectivity index (χ4n) is 1.84. The summed E-state index contributed by atoms with van der Waals surface area (Å²) in [5.74, 6) is 0.806. The second-order valence-electron chi connectivity index (χ2n) is 4.58. The van der Waals surface area contributed by atoms with Gasteiger partial charge in [0.1, 0.15) is 0 Å². The van der Waals surface area contributed by atoms with Crippen LogP contribution in [-0.4, -0.2) is 23.3 Å². The maximum absolute atomic E-state index is 11.7. The Bertz CT molecular complexity index is 528. The molecule has 3 nitrogen and oxygen atoms in total. The van der Waals surface area contributed by atoms with Crippen molar-refractivity contribution in [2.45, 2.75) is 23.8 Å². The summed E-state index contributed by atoms with van der Waals surface area (Å²) >= 11 is 3.21. The van der Waals surface area contributed by atoms with Crippen molar-refractivity contribution in [3.8, 4) is 0 Å². The molecule has 2 rings (SSSR count). The second-order valence-corrected chi connectivity index (χ2v) is 6.73. The van der Waals surface area contributed by atoms with Gasteiger partial charge in [0, 0.05) is 28.5 Å². The number of hydrogen-bond donors (Lipinski definition) is 2. The van der Waals surface area contributed by atoms with E-state index in [-0.39, 0.29) is 5.91 Å². The number of carbonyl (C=O) groups excluding carboxylic acids is 1. The third-order valence-corrected chi connectivity index (χ3v) is 4.94. The molecule has 0 saturated carbocycles. The molecule has 2 aromatic rings. The van der Waals surface area contributed by atoms with Crippen LogP contribution in [0, 0.1) is 0 Å². The normalized spacial score (nSPS) is 12.0. The molecule has 1 aromatic heterocycles. The highest BCUT2D eigenvalue weighted by Gasteiger charge is 2.09. The van der Waals surface area contributed by atoms with Gasteiger partial charge in [-0.05, 0) is 30.0 Å². The highest BCUT2D eigenvalue weighted by molar-refractivity contribution is 7.99. The number of aliphatic hydroxyl groups is 1. The molecule has 112 valence electrons. The molecule has 1 amide bonds. The molecule has 0 aliphatic rings. The van der Waals surface area contributed by atoms with Gasteiger partial charge in [-0.15, -0.1) is 23.1 Å². The minimum Gasteiger partial charge on any atom is -0.388 e. The summed E-state index contributed by atoms with van der Waals surface area (Å²) in [6.07, 6.45) is 0.566. The molecule has 1 heterocycles. The molecule has 1 atom stereocenters. The van der Waals surface area contributed by atoms with Gasteiger partial charge in [-0.1, -0.05) is 24.3 Å². The van der Waals surface area contributed by atoms with E-state index in [4.69, 9.17) is 0 Å². The Labute approximate surface area is 133 Å². The van der Waals surface area contributed by atoms with E-state index in [0.717, 1.165) is 10.6 Å². The zero-order valence-electron chi connectivity index (χ0n) is 11.7. The van der Waals surface area contributed by atoms with Crippen LogP contribution in [0.4, 0.5) is 0 Å². The Morgan fingerprint density at radius 3 is 2.76 bits per heavy atom. The highest BCUT2D eigenvalue weighted by Crippen LogP contribution is 2.21. The first-order valence-corrected chi connectivity index (χ1v) is 8.78. The minimum absolute atomic E-state index is 0.0387. The first kappa shape index (κ1) is 16.1. The molecule has 0 spiro atoms. The van der Waals surface area contributed by atoms with Crippen molar-refractivity contribution in [3.05, 3.63) is 52.7 Å². The highest BCUT2D eigenvalue weighted by atomic mass is 32.2. The fraction of sp³-hybridized carbons (Fsp3) is 0.312. The van der Waals surface area contributed by atoms with Crippen LogP contribution in [-0.2, 0) is 4.79 Å². The summed E-state index contributed by atoms with van der Waals surface area (Å²) in [5.41, 5.74) is 0. The van der Waals surface area contributed by atoms with Gasteiger partial charge in [0.05, 0.1) is 6.10 Å². The van der Waals surface area contributed by atoms with Crippen LogP contribution in [0.15, 0.2) is 52.7 Å². The molecular formula is C16H19NO2S2. The maximum atomic E-state index is 11.7. The summed E-state index contributed by atoms with van der Waals surface area (Å²) in [6, 6.07) is 13.9. The molecular weight excluding hydrogens is 302 g/mol. The lowest BCUT2D eigenvalue weighted by molar-refractivity contribution is -0.120. The molecule has 0 aliphatic heterocycles. The molecule has 0 fully saturated rings. The van der Waals surface area contributed by atoms with Crippen LogP contribution in [0.3, 0.4) is 0 Å². The Kier molecular flexibility index (Phi) is 6.79. The van der Waals surface area contributed by atoms with Crippen LogP contribution in [0.2, 0.25) is 0 Å². The van der Waals surface area contributed by atoms with Gasteiger partial charge in [0.2, 0.25) is 5.91 Å². The lowest BCUT2D eigenvalue weighted by Gasteiger charge is -2.09. The van der Waals surface area contributed by atoms with Crippen molar-refractivity contribution >= 4 is 29.0 Å². The summed E-state index contributed by atoms with van der Waals surface area (Å²) in [5, 5.41) is 14.7. The number of aliphatic hydroxyl groups excluding tert-OH is 1. The van der Waals surface area contributed by atoms with Gasteiger partial charge in [0.15, 0.2) is 0 Å². The van der Waals surface area contributed by atoms with Crippen LogP contribution in [0.25, 0.3) is 0 Å². The summed E-state index contributed by atoms with van der Waals surface area (Å²) < 4.78 is 0. The van der Waals surface area contributed by atoms with Crippen molar-refractivity contribution in [3.63, 3.8) is 0 Å².